The third-order valence-electron chi connectivity index (χ3n) is 3.81. The van der Waals surface area contributed by atoms with Crippen LogP contribution in [0.5, 0.6) is 0 Å². The van der Waals surface area contributed by atoms with Gasteiger partial charge in [-0.1, -0.05) is 0 Å². The summed E-state index contributed by atoms with van der Waals surface area (Å²) in [6, 6.07) is 5.28. The molecule has 0 saturated carbocycles. The van der Waals surface area contributed by atoms with Gasteiger partial charge in [0.05, 0.1) is 24.0 Å². The predicted molar refractivity (Wildman–Crippen MR) is 79.0 cm³/mol. The fraction of sp³-hybridized carbons (Fsp3) is 0.533. The molecule has 0 atom stereocenters. The molecule has 1 aliphatic heterocycles. The molecule has 0 aromatic heterocycles. The topological polar surface area (TPSA) is 64.8 Å². The van der Waals surface area contributed by atoms with Crippen molar-refractivity contribution in [2.75, 3.05) is 44.5 Å². The molecule has 110 valence electrons. The lowest BCUT2D eigenvalue weighted by atomic mass is 9.97. The Labute approximate surface area is 119 Å². The Morgan fingerprint density at radius 3 is 2.65 bits per heavy atom. The molecule has 0 bridgehead atoms. The van der Waals surface area contributed by atoms with E-state index < -0.39 is 0 Å². The number of hydrogen-bond donors (Lipinski definition) is 1. The summed E-state index contributed by atoms with van der Waals surface area (Å²) in [5, 5.41) is 0. The van der Waals surface area contributed by atoms with Crippen LogP contribution >= 0.6 is 0 Å². The number of benzene rings is 1. The second kappa shape index (κ2) is 6.61. The molecule has 0 aliphatic carbocycles. The molecule has 1 aromatic rings. The number of esters is 1. The Morgan fingerprint density at radius 2 is 2.05 bits per heavy atom. The maximum absolute atomic E-state index is 11.6. The molecule has 20 heavy (non-hydrogen) atoms. The van der Waals surface area contributed by atoms with Crippen LogP contribution in [0.4, 0.5) is 11.4 Å². The molecule has 1 aromatic carbocycles. The van der Waals surface area contributed by atoms with Crippen molar-refractivity contribution in [3.63, 3.8) is 0 Å². The fourth-order valence-corrected chi connectivity index (χ4v) is 2.64. The zero-order valence-electron chi connectivity index (χ0n) is 12.1. The van der Waals surface area contributed by atoms with E-state index in [9.17, 15) is 4.79 Å². The molecule has 1 heterocycles. The van der Waals surface area contributed by atoms with Crippen LogP contribution in [-0.4, -0.2) is 39.9 Å². The Morgan fingerprint density at radius 1 is 1.35 bits per heavy atom. The molecule has 5 nitrogen and oxygen atoms in total. The van der Waals surface area contributed by atoms with Gasteiger partial charge in [0, 0.05) is 26.8 Å². The zero-order chi connectivity index (χ0) is 14.5. The van der Waals surface area contributed by atoms with Crippen molar-refractivity contribution in [2.45, 2.75) is 12.8 Å². The first kappa shape index (κ1) is 14.7. The number of nitrogens with two attached hydrogens (primary N) is 1. The molecule has 0 amide bonds. The first-order valence-corrected chi connectivity index (χ1v) is 6.87. The smallest absolute Gasteiger partial charge is 0.337 e. The lowest BCUT2D eigenvalue weighted by molar-refractivity contribution is 0.0601. The van der Waals surface area contributed by atoms with Gasteiger partial charge in [0.25, 0.3) is 0 Å². The lowest BCUT2D eigenvalue weighted by Crippen LogP contribution is -2.35. The van der Waals surface area contributed by atoms with Gasteiger partial charge < -0.3 is 20.1 Å². The molecular formula is C15H22N2O3. The second-order valence-corrected chi connectivity index (χ2v) is 5.15. The summed E-state index contributed by atoms with van der Waals surface area (Å²) in [5.41, 5.74) is 8.19. The Bertz CT molecular complexity index is 468. The van der Waals surface area contributed by atoms with Crippen molar-refractivity contribution in [3.05, 3.63) is 23.8 Å². The van der Waals surface area contributed by atoms with Crippen molar-refractivity contribution in [1.82, 2.24) is 0 Å². The average molecular weight is 278 g/mol. The maximum Gasteiger partial charge on any atom is 0.337 e. The molecule has 0 radical (unpaired) electrons. The Hall–Kier alpha value is -1.75. The number of carbonyl (C=O) groups excluding carboxylic acids is 1. The fourth-order valence-electron chi connectivity index (χ4n) is 2.64. The first-order chi connectivity index (χ1) is 9.65. The lowest BCUT2D eigenvalue weighted by Gasteiger charge is -2.34. The van der Waals surface area contributed by atoms with Crippen LogP contribution in [0.1, 0.15) is 23.2 Å². The SMILES string of the molecule is COCC1CCN(c2cc(C(=O)OC)ccc2N)CC1. The van der Waals surface area contributed by atoms with Gasteiger partial charge in [-0.05, 0) is 37.0 Å². The van der Waals surface area contributed by atoms with Gasteiger partial charge in [-0.15, -0.1) is 0 Å². The monoisotopic (exact) mass is 278 g/mol. The van der Waals surface area contributed by atoms with E-state index in [2.05, 4.69) is 4.90 Å². The predicted octanol–water partition coefficient (Wildman–Crippen LogP) is 1.92. The van der Waals surface area contributed by atoms with Crippen molar-refractivity contribution >= 4 is 17.3 Å². The normalized spacial score (nSPS) is 16.2. The standard InChI is InChI=1S/C15H22N2O3/c1-19-10-11-5-7-17(8-6-11)14-9-12(15(18)20-2)3-4-13(14)16/h3-4,9,11H,5-8,10,16H2,1-2H3. The van der Waals surface area contributed by atoms with Gasteiger partial charge in [0.2, 0.25) is 0 Å². The number of nitrogen functional groups attached to an aromatic ring is 1. The number of rotatable bonds is 4. The van der Waals surface area contributed by atoms with Crippen molar-refractivity contribution in [3.8, 4) is 0 Å². The minimum atomic E-state index is -0.333. The highest BCUT2D eigenvalue weighted by molar-refractivity contribution is 5.92. The number of anilines is 2. The van der Waals surface area contributed by atoms with Crippen molar-refractivity contribution < 1.29 is 14.3 Å². The van der Waals surface area contributed by atoms with Crippen molar-refractivity contribution in [2.24, 2.45) is 5.92 Å². The van der Waals surface area contributed by atoms with Gasteiger partial charge in [0.1, 0.15) is 0 Å². The molecular weight excluding hydrogens is 256 g/mol. The highest BCUT2D eigenvalue weighted by atomic mass is 16.5. The van der Waals surface area contributed by atoms with Crippen LogP contribution < -0.4 is 10.6 Å². The second-order valence-electron chi connectivity index (χ2n) is 5.15. The van der Waals surface area contributed by atoms with E-state index in [0.29, 0.717) is 17.2 Å². The van der Waals surface area contributed by atoms with E-state index in [1.165, 1.54) is 7.11 Å². The molecule has 1 aliphatic rings. The first-order valence-electron chi connectivity index (χ1n) is 6.87. The van der Waals surface area contributed by atoms with Crippen LogP contribution in [0.25, 0.3) is 0 Å². The maximum atomic E-state index is 11.6. The van der Waals surface area contributed by atoms with Crippen LogP contribution in [0.3, 0.4) is 0 Å². The van der Waals surface area contributed by atoms with Gasteiger partial charge in [-0.2, -0.15) is 0 Å². The molecule has 2 N–H and O–H groups in total. The number of nitrogens with zero attached hydrogens (tertiary/aromatic N) is 1. The number of hydrogen-bond acceptors (Lipinski definition) is 5. The van der Waals surface area contributed by atoms with Crippen LogP contribution in [0.2, 0.25) is 0 Å². The van der Waals surface area contributed by atoms with E-state index in [0.717, 1.165) is 38.2 Å². The van der Waals surface area contributed by atoms with Gasteiger partial charge >= 0.3 is 5.97 Å². The summed E-state index contributed by atoms with van der Waals surface area (Å²) in [5.74, 6) is 0.279. The molecule has 5 heteroatoms. The zero-order valence-corrected chi connectivity index (χ0v) is 12.1. The summed E-state index contributed by atoms with van der Waals surface area (Å²) in [4.78, 5) is 13.8. The summed E-state index contributed by atoms with van der Waals surface area (Å²) in [7, 11) is 3.12. The van der Waals surface area contributed by atoms with Crippen LogP contribution in [0.15, 0.2) is 18.2 Å². The molecule has 0 unspecified atom stereocenters. The molecule has 0 spiro atoms. The minimum absolute atomic E-state index is 0.333. The molecule has 2 rings (SSSR count). The molecule has 1 fully saturated rings. The third-order valence-corrected chi connectivity index (χ3v) is 3.81. The summed E-state index contributed by atoms with van der Waals surface area (Å²) in [6.07, 6.45) is 2.16. The van der Waals surface area contributed by atoms with E-state index in [1.807, 2.05) is 6.07 Å². The molecule has 1 saturated heterocycles. The number of piperidine rings is 1. The summed E-state index contributed by atoms with van der Waals surface area (Å²) < 4.78 is 9.96. The number of methoxy groups -OCH3 is 2. The summed E-state index contributed by atoms with van der Waals surface area (Å²) >= 11 is 0. The van der Waals surface area contributed by atoms with E-state index in [4.69, 9.17) is 15.2 Å². The van der Waals surface area contributed by atoms with Crippen LogP contribution in [-0.2, 0) is 9.47 Å². The minimum Gasteiger partial charge on any atom is -0.465 e. The van der Waals surface area contributed by atoms with Gasteiger partial charge in [0.15, 0.2) is 0 Å². The van der Waals surface area contributed by atoms with Gasteiger partial charge in [-0.3, -0.25) is 0 Å². The van der Waals surface area contributed by atoms with E-state index in [-0.39, 0.29) is 5.97 Å². The Balaban J connectivity index is 2.11. The Kier molecular flexibility index (Phi) is 4.84. The van der Waals surface area contributed by atoms with Crippen molar-refractivity contribution in [1.29, 1.82) is 0 Å². The van der Waals surface area contributed by atoms with Crippen LogP contribution in [0, 0.1) is 5.92 Å². The third kappa shape index (κ3) is 3.22. The van der Waals surface area contributed by atoms with E-state index >= 15 is 0 Å². The quantitative estimate of drug-likeness (QED) is 0.673. The number of carbonyl (C=O) groups is 1. The highest BCUT2D eigenvalue weighted by Gasteiger charge is 2.21. The number of ether oxygens (including phenoxy) is 2. The van der Waals surface area contributed by atoms with Gasteiger partial charge in [-0.25, -0.2) is 4.79 Å². The van der Waals surface area contributed by atoms with E-state index in [1.54, 1.807) is 19.2 Å². The average Bonchev–Trinajstić information content (AvgIpc) is 2.48. The summed E-state index contributed by atoms with van der Waals surface area (Å²) in [6.45, 7) is 2.68. The highest BCUT2D eigenvalue weighted by Crippen LogP contribution is 2.29. The largest absolute Gasteiger partial charge is 0.465 e.